The lowest BCUT2D eigenvalue weighted by atomic mass is 10.0. The van der Waals surface area contributed by atoms with Crippen LogP contribution in [-0.2, 0) is 21.1 Å². The van der Waals surface area contributed by atoms with Crippen molar-refractivity contribution >= 4 is 27.3 Å². The van der Waals surface area contributed by atoms with E-state index in [0.29, 0.717) is 31.1 Å². The maximum atomic E-state index is 12.9. The molecule has 1 N–H and O–H groups in total. The van der Waals surface area contributed by atoms with Crippen LogP contribution < -0.4 is 5.32 Å². The van der Waals surface area contributed by atoms with Crippen molar-refractivity contribution in [2.75, 3.05) is 31.1 Å². The molecule has 5 nitrogen and oxygen atoms in total. The highest BCUT2D eigenvalue weighted by atomic mass is 35.5. The van der Waals surface area contributed by atoms with Crippen LogP contribution in [0.3, 0.4) is 0 Å². The number of carbonyl (C=O) groups is 1. The molecule has 1 amide bonds. The van der Waals surface area contributed by atoms with Gasteiger partial charge >= 0.3 is 0 Å². The van der Waals surface area contributed by atoms with Crippen molar-refractivity contribution in [3.63, 3.8) is 0 Å². The molecule has 2 aromatic carbocycles. The van der Waals surface area contributed by atoms with Gasteiger partial charge in [0.15, 0.2) is 9.84 Å². The van der Waals surface area contributed by atoms with E-state index in [2.05, 4.69) is 5.32 Å². The van der Waals surface area contributed by atoms with Crippen LogP contribution in [0.15, 0.2) is 54.6 Å². The van der Waals surface area contributed by atoms with E-state index in [-0.39, 0.29) is 17.4 Å². The van der Waals surface area contributed by atoms with Gasteiger partial charge in [-0.05, 0) is 29.7 Å². The first kappa shape index (κ1) is 19.9. The van der Waals surface area contributed by atoms with Crippen LogP contribution in [0.2, 0.25) is 5.02 Å². The molecular formula is C20H23ClN2O3S. The molecule has 1 heterocycles. The van der Waals surface area contributed by atoms with Gasteiger partial charge in [-0.1, -0.05) is 54.1 Å². The minimum atomic E-state index is -3.00. The second-order valence-corrected chi connectivity index (χ2v) is 9.41. The average molecular weight is 407 g/mol. The number of carbonyl (C=O) groups excluding carboxylic acids is 1. The van der Waals surface area contributed by atoms with Crippen molar-refractivity contribution in [2.24, 2.45) is 0 Å². The number of nitrogens with zero attached hydrogens (tertiary/aromatic N) is 1. The minimum Gasteiger partial charge on any atom is -0.354 e. The van der Waals surface area contributed by atoms with Gasteiger partial charge in [-0.25, -0.2) is 8.42 Å². The largest absolute Gasteiger partial charge is 0.354 e. The first-order valence-electron chi connectivity index (χ1n) is 8.96. The van der Waals surface area contributed by atoms with Gasteiger partial charge in [0.2, 0.25) is 5.91 Å². The molecule has 0 bridgehead atoms. The molecule has 0 aromatic heterocycles. The number of hydrogen-bond acceptors (Lipinski definition) is 4. The number of nitrogens with one attached hydrogen (secondary N) is 1. The van der Waals surface area contributed by atoms with E-state index in [0.717, 1.165) is 11.1 Å². The molecule has 0 spiro atoms. The van der Waals surface area contributed by atoms with Crippen molar-refractivity contribution in [3.8, 4) is 0 Å². The number of sulfone groups is 1. The molecule has 3 rings (SSSR count). The minimum absolute atomic E-state index is 0.0894. The number of benzene rings is 2. The van der Waals surface area contributed by atoms with Gasteiger partial charge in [0.05, 0.1) is 11.5 Å². The molecule has 1 atom stereocenters. The van der Waals surface area contributed by atoms with E-state index in [4.69, 9.17) is 11.6 Å². The van der Waals surface area contributed by atoms with Crippen molar-refractivity contribution in [1.82, 2.24) is 10.2 Å². The fourth-order valence-electron chi connectivity index (χ4n) is 3.27. The SMILES string of the molecule is O=C(NCCc1cccc(Cl)c1)C(c1ccccc1)N1CCS(=O)(=O)CC1. The zero-order chi connectivity index (χ0) is 19.3. The Hall–Kier alpha value is -1.89. The van der Waals surface area contributed by atoms with Crippen LogP contribution in [0.1, 0.15) is 17.2 Å². The van der Waals surface area contributed by atoms with Crippen LogP contribution in [0, 0.1) is 0 Å². The molecule has 1 saturated heterocycles. The van der Waals surface area contributed by atoms with Gasteiger partial charge in [-0.15, -0.1) is 0 Å². The molecule has 1 aliphatic rings. The van der Waals surface area contributed by atoms with Crippen molar-refractivity contribution in [3.05, 3.63) is 70.7 Å². The van der Waals surface area contributed by atoms with Gasteiger partial charge in [0.1, 0.15) is 6.04 Å². The molecule has 1 fully saturated rings. The van der Waals surface area contributed by atoms with Crippen LogP contribution in [0.4, 0.5) is 0 Å². The van der Waals surface area contributed by atoms with E-state index in [9.17, 15) is 13.2 Å². The lowest BCUT2D eigenvalue weighted by Gasteiger charge is -2.33. The third-order valence-electron chi connectivity index (χ3n) is 4.71. The molecule has 1 unspecified atom stereocenters. The summed E-state index contributed by atoms with van der Waals surface area (Å²) in [5, 5.41) is 3.67. The predicted octanol–water partition coefficient (Wildman–Crippen LogP) is 2.47. The molecule has 1 aliphatic heterocycles. The van der Waals surface area contributed by atoms with Crippen molar-refractivity contribution in [1.29, 1.82) is 0 Å². The summed E-state index contributed by atoms with van der Waals surface area (Å²) >= 11 is 6.00. The Balaban J connectivity index is 1.68. The lowest BCUT2D eigenvalue weighted by Crippen LogP contribution is -2.47. The Morgan fingerprint density at radius 3 is 2.44 bits per heavy atom. The van der Waals surface area contributed by atoms with Crippen LogP contribution in [-0.4, -0.2) is 50.4 Å². The highest BCUT2D eigenvalue weighted by Crippen LogP contribution is 2.23. The highest BCUT2D eigenvalue weighted by Gasteiger charge is 2.32. The van der Waals surface area contributed by atoms with Gasteiger partial charge in [0, 0.05) is 24.7 Å². The normalized spacial score (nSPS) is 18.0. The highest BCUT2D eigenvalue weighted by molar-refractivity contribution is 7.91. The summed E-state index contributed by atoms with van der Waals surface area (Å²) in [6.07, 6.45) is 0.683. The quantitative estimate of drug-likeness (QED) is 0.800. The van der Waals surface area contributed by atoms with Gasteiger partial charge in [0.25, 0.3) is 0 Å². The Labute approximate surface area is 165 Å². The van der Waals surface area contributed by atoms with Gasteiger partial charge < -0.3 is 5.32 Å². The Bertz CT molecular complexity index is 873. The molecule has 0 aliphatic carbocycles. The van der Waals surface area contributed by atoms with Crippen molar-refractivity contribution in [2.45, 2.75) is 12.5 Å². The number of hydrogen-bond donors (Lipinski definition) is 1. The fraction of sp³-hybridized carbons (Fsp3) is 0.350. The average Bonchev–Trinajstić information content (AvgIpc) is 2.64. The van der Waals surface area contributed by atoms with Gasteiger partial charge in [-0.3, -0.25) is 9.69 Å². The maximum absolute atomic E-state index is 12.9. The van der Waals surface area contributed by atoms with Crippen LogP contribution in [0.25, 0.3) is 0 Å². The maximum Gasteiger partial charge on any atom is 0.241 e. The first-order chi connectivity index (χ1) is 12.9. The van der Waals surface area contributed by atoms with E-state index in [1.54, 1.807) is 0 Å². The zero-order valence-electron chi connectivity index (χ0n) is 15.0. The summed E-state index contributed by atoms with van der Waals surface area (Å²) in [4.78, 5) is 14.9. The predicted molar refractivity (Wildman–Crippen MR) is 108 cm³/mol. The monoisotopic (exact) mass is 406 g/mol. The Morgan fingerprint density at radius 1 is 1.07 bits per heavy atom. The second-order valence-electron chi connectivity index (χ2n) is 6.67. The molecule has 144 valence electrons. The van der Waals surface area contributed by atoms with Crippen LogP contribution >= 0.6 is 11.6 Å². The third-order valence-corrected chi connectivity index (χ3v) is 6.55. The zero-order valence-corrected chi connectivity index (χ0v) is 16.5. The molecule has 27 heavy (non-hydrogen) atoms. The Morgan fingerprint density at radius 2 is 1.78 bits per heavy atom. The summed E-state index contributed by atoms with van der Waals surface area (Å²) in [6.45, 7) is 1.22. The molecule has 7 heteroatoms. The number of rotatable bonds is 6. The molecule has 0 radical (unpaired) electrons. The molecule has 0 saturated carbocycles. The van der Waals surface area contributed by atoms with E-state index < -0.39 is 15.9 Å². The van der Waals surface area contributed by atoms with Gasteiger partial charge in [-0.2, -0.15) is 0 Å². The van der Waals surface area contributed by atoms with E-state index >= 15 is 0 Å². The summed E-state index contributed by atoms with van der Waals surface area (Å²) in [5.74, 6) is 0.0701. The first-order valence-corrected chi connectivity index (χ1v) is 11.2. The lowest BCUT2D eigenvalue weighted by molar-refractivity contribution is -0.126. The molecule has 2 aromatic rings. The van der Waals surface area contributed by atoms with E-state index in [1.807, 2.05) is 59.5 Å². The number of halogens is 1. The van der Waals surface area contributed by atoms with E-state index in [1.165, 1.54) is 0 Å². The third kappa shape index (κ3) is 5.54. The second kappa shape index (κ2) is 8.87. The standard InChI is InChI=1S/C20H23ClN2O3S/c21-18-8-4-5-16(15-18)9-10-22-20(24)19(17-6-2-1-3-7-17)23-11-13-27(25,26)14-12-23/h1-8,15,19H,9-14H2,(H,22,24). The van der Waals surface area contributed by atoms with Crippen molar-refractivity contribution < 1.29 is 13.2 Å². The topological polar surface area (TPSA) is 66.5 Å². The summed E-state index contributed by atoms with van der Waals surface area (Å²) < 4.78 is 23.5. The van der Waals surface area contributed by atoms with Crippen LogP contribution in [0.5, 0.6) is 0 Å². The smallest absolute Gasteiger partial charge is 0.241 e. The summed E-state index contributed by atoms with van der Waals surface area (Å²) in [7, 11) is -3.00. The summed E-state index contributed by atoms with van der Waals surface area (Å²) in [5.41, 5.74) is 1.93. The Kier molecular flexibility index (Phi) is 6.52. The fourth-order valence-corrected chi connectivity index (χ4v) is 4.71. The molecular weight excluding hydrogens is 384 g/mol. The number of amides is 1. The summed E-state index contributed by atoms with van der Waals surface area (Å²) in [6, 6.07) is 16.6.